The molecule has 2 aromatic carbocycles. The summed E-state index contributed by atoms with van der Waals surface area (Å²) in [7, 11) is 0. The largest absolute Gasteiger partial charge is 0.378 e. The molecule has 0 saturated carbocycles. The quantitative estimate of drug-likeness (QED) is 0.713. The van der Waals surface area contributed by atoms with Crippen LogP contribution in [0.4, 0.5) is 28.8 Å². The number of nitrogens with one attached hydrogen (secondary N) is 2. The number of rotatable bonds is 5. The predicted molar refractivity (Wildman–Crippen MR) is 109 cm³/mol. The van der Waals surface area contributed by atoms with E-state index in [0.29, 0.717) is 5.95 Å². The van der Waals surface area contributed by atoms with Crippen LogP contribution in [0, 0.1) is 6.92 Å². The lowest BCUT2D eigenvalue weighted by Crippen LogP contribution is -2.36. The van der Waals surface area contributed by atoms with Crippen molar-refractivity contribution in [3.8, 4) is 0 Å². The first-order chi connectivity index (χ1) is 13.3. The van der Waals surface area contributed by atoms with Crippen LogP contribution in [0.15, 0.2) is 60.8 Å². The van der Waals surface area contributed by atoms with Gasteiger partial charge in [0, 0.05) is 36.3 Å². The molecule has 0 radical (unpaired) electrons. The van der Waals surface area contributed by atoms with Crippen molar-refractivity contribution in [2.24, 2.45) is 0 Å². The highest BCUT2D eigenvalue weighted by Crippen LogP contribution is 2.22. The maximum Gasteiger partial charge on any atom is 0.229 e. The van der Waals surface area contributed by atoms with Gasteiger partial charge in [-0.15, -0.1) is 0 Å². The minimum absolute atomic E-state index is 0.562. The fraction of sp³-hybridized carbons (Fsp3) is 0.238. The summed E-state index contributed by atoms with van der Waals surface area (Å²) >= 11 is 0. The van der Waals surface area contributed by atoms with Gasteiger partial charge in [0.2, 0.25) is 5.95 Å². The van der Waals surface area contributed by atoms with Crippen molar-refractivity contribution >= 4 is 28.8 Å². The monoisotopic (exact) mass is 361 g/mol. The average Bonchev–Trinajstić information content (AvgIpc) is 2.70. The van der Waals surface area contributed by atoms with Crippen molar-refractivity contribution in [2.45, 2.75) is 6.92 Å². The third-order valence-electron chi connectivity index (χ3n) is 4.45. The molecule has 1 fully saturated rings. The van der Waals surface area contributed by atoms with Crippen LogP contribution < -0.4 is 15.5 Å². The van der Waals surface area contributed by atoms with E-state index in [1.165, 1.54) is 11.3 Å². The number of aromatic nitrogens is 2. The molecule has 0 atom stereocenters. The van der Waals surface area contributed by atoms with Crippen molar-refractivity contribution in [3.63, 3.8) is 0 Å². The summed E-state index contributed by atoms with van der Waals surface area (Å²) in [6.45, 7) is 5.51. The van der Waals surface area contributed by atoms with Gasteiger partial charge in [0.15, 0.2) is 0 Å². The third kappa shape index (κ3) is 4.54. The average molecular weight is 361 g/mol. The van der Waals surface area contributed by atoms with E-state index in [1.54, 1.807) is 6.20 Å². The van der Waals surface area contributed by atoms with E-state index in [1.807, 2.05) is 18.2 Å². The van der Waals surface area contributed by atoms with Gasteiger partial charge in [-0.3, -0.25) is 0 Å². The molecule has 1 aliphatic heterocycles. The molecule has 0 amide bonds. The van der Waals surface area contributed by atoms with Crippen LogP contribution in [-0.4, -0.2) is 36.3 Å². The zero-order chi connectivity index (χ0) is 18.5. The van der Waals surface area contributed by atoms with E-state index in [0.717, 1.165) is 43.5 Å². The molecular formula is C21H23N5O. The fourth-order valence-corrected chi connectivity index (χ4v) is 3.07. The first-order valence-corrected chi connectivity index (χ1v) is 9.13. The van der Waals surface area contributed by atoms with E-state index in [4.69, 9.17) is 4.74 Å². The van der Waals surface area contributed by atoms with E-state index in [9.17, 15) is 0 Å². The maximum atomic E-state index is 5.41. The van der Waals surface area contributed by atoms with E-state index in [2.05, 4.69) is 68.8 Å². The lowest BCUT2D eigenvalue weighted by atomic mass is 10.2. The number of morpholine rings is 1. The van der Waals surface area contributed by atoms with Crippen LogP contribution in [0.3, 0.4) is 0 Å². The van der Waals surface area contributed by atoms with Crippen molar-refractivity contribution in [2.75, 3.05) is 41.8 Å². The Morgan fingerprint density at radius 3 is 2.52 bits per heavy atom. The summed E-state index contributed by atoms with van der Waals surface area (Å²) < 4.78 is 5.41. The molecule has 138 valence electrons. The van der Waals surface area contributed by atoms with E-state index >= 15 is 0 Å². The molecule has 0 bridgehead atoms. The number of hydrogen-bond acceptors (Lipinski definition) is 6. The molecule has 2 N–H and O–H groups in total. The van der Waals surface area contributed by atoms with Gasteiger partial charge < -0.3 is 20.3 Å². The summed E-state index contributed by atoms with van der Waals surface area (Å²) in [5.41, 5.74) is 4.38. The van der Waals surface area contributed by atoms with Gasteiger partial charge in [-0.25, -0.2) is 4.98 Å². The Kier molecular flexibility index (Phi) is 5.16. The highest BCUT2D eigenvalue weighted by Gasteiger charge is 2.11. The number of aryl methyl sites for hydroxylation is 1. The number of nitrogens with zero attached hydrogens (tertiary/aromatic N) is 3. The Morgan fingerprint density at radius 1 is 0.926 bits per heavy atom. The minimum Gasteiger partial charge on any atom is -0.378 e. The minimum atomic E-state index is 0.562. The van der Waals surface area contributed by atoms with Gasteiger partial charge in [-0.1, -0.05) is 12.1 Å². The molecule has 3 aromatic rings. The Hall–Kier alpha value is -3.12. The summed E-state index contributed by atoms with van der Waals surface area (Å²) in [6, 6.07) is 18.4. The highest BCUT2D eigenvalue weighted by atomic mass is 16.5. The van der Waals surface area contributed by atoms with Crippen LogP contribution in [0.2, 0.25) is 0 Å². The summed E-state index contributed by atoms with van der Waals surface area (Å²) in [6.07, 6.45) is 1.75. The molecular weight excluding hydrogens is 338 g/mol. The lowest BCUT2D eigenvalue weighted by molar-refractivity contribution is 0.122. The molecule has 6 heteroatoms. The Morgan fingerprint density at radius 2 is 1.74 bits per heavy atom. The summed E-state index contributed by atoms with van der Waals surface area (Å²) in [5, 5.41) is 6.58. The third-order valence-corrected chi connectivity index (χ3v) is 4.45. The number of benzene rings is 2. The molecule has 6 nitrogen and oxygen atoms in total. The zero-order valence-electron chi connectivity index (χ0n) is 15.4. The summed E-state index contributed by atoms with van der Waals surface area (Å²) in [5.74, 6) is 1.31. The molecule has 27 heavy (non-hydrogen) atoms. The van der Waals surface area contributed by atoms with Crippen LogP contribution >= 0.6 is 0 Å². The highest BCUT2D eigenvalue weighted by molar-refractivity contribution is 5.62. The second kappa shape index (κ2) is 8.05. The normalized spacial score (nSPS) is 14.0. The number of hydrogen-bond donors (Lipinski definition) is 2. The van der Waals surface area contributed by atoms with Crippen LogP contribution in [0.25, 0.3) is 0 Å². The molecule has 1 aromatic heterocycles. The standard InChI is InChI=1S/C21H23N5O/c1-16-3-2-4-18(15-16)23-20-9-10-22-21(25-20)24-17-5-7-19(8-6-17)26-11-13-27-14-12-26/h2-10,15H,11-14H2,1H3,(H2,22,23,24,25). The SMILES string of the molecule is Cc1cccc(Nc2ccnc(Nc3ccc(N4CCOCC4)cc3)n2)c1. The van der Waals surface area contributed by atoms with Gasteiger partial charge in [0.1, 0.15) is 5.82 Å². The van der Waals surface area contributed by atoms with Crippen LogP contribution in [0.1, 0.15) is 5.56 Å². The second-order valence-electron chi connectivity index (χ2n) is 6.53. The number of ether oxygens (including phenoxy) is 1. The number of anilines is 5. The van der Waals surface area contributed by atoms with E-state index in [-0.39, 0.29) is 0 Å². The molecule has 1 aliphatic rings. The summed E-state index contributed by atoms with van der Waals surface area (Å²) in [4.78, 5) is 11.2. The lowest BCUT2D eigenvalue weighted by Gasteiger charge is -2.28. The topological polar surface area (TPSA) is 62.3 Å². The Bertz CT molecular complexity index is 891. The van der Waals surface area contributed by atoms with Gasteiger partial charge in [-0.05, 0) is 55.0 Å². The maximum absolute atomic E-state index is 5.41. The van der Waals surface area contributed by atoms with Gasteiger partial charge in [-0.2, -0.15) is 4.98 Å². The smallest absolute Gasteiger partial charge is 0.229 e. The molecule has 4 rings (SSSR count). The Labute approximate surface area is 159 Å². The van der Waals surface area contributed by atoms with Gasteiger partial charge in [0.05, 0.1) is 13.2 Å². The second-order valence-corrected chi connectivity index (χ2v) is 6.53. The predicted octanol–water partition coefficient (Wildman–Crippen LogP) is 4.11. The van der Waals surface area contributed by atoms with Crippen molar-refractivity contribution < 1.29 is 4.74 Å². The van der Waals surface area contributed by atoms with Crippen molar-refractivity contribution in [1.29, 1.82) is 0 Å². The molecule has 0 spiro atoms. The molecule has 1 saturated heterocycles. The molecule has 2 heterocycles. The molecule has 0 aliphatic carbocycles. The van der Waals surface area contributed by atoms with E-state index < -0.39 is 0 Å². The Balaban J connectivity index is 1.43. The first kappa shape index (κ1) is 17.3. The van der Waals surface area contributed by atoms with Crippen LogP contribution in [0.5, 0.6) is 0 Å². The van der Waals surface area contributed by atoms with Crippen LogP contribution in [-0.2, 0) is 4.74 Å². The van der Waals surface area contributed by atoms with Crippen molar-refractivity contribution in [3.05, 3.63) is 66.4 Å². The van der Waals surface area contributed by atoms with Gasteiger partial charge in [0.25, 0.3) is 0 Å². The van der Waals surface area contributed by atoms with Gasteiger partial charge >= 0.3 is 0 Å². The molecule has 0 unspecified atom stereocenters. The first-order valence-electron chi connectivity index (χ1n) is 9.13. The fourth-order valence-electron chi connectivity index (χ4n) is 3.07. The zero-order valence-corrected chi connectivity index (χ0v) is 15.4. The van der Waals surface area contributed by atoms with Crippen molar-refractivity contribution in [1.82, 2.24) is 9.97 Å².